The summed E-state index contributed by atoms with van der Waals surface area (Å²) < 4.78 is 6.08. The van der Waals surface area contributed by atoms with Gasteiger partial charge in [-0.15, -0.1) is 0 Å². The minimum absolute atomic E-state index is 0.581. The van der Waals surface area contributed by atoms with E-state index < -0.39 is 0 Å². The molecule has 0 atom stereocenters. The number of hydrogen-bond acceptors (Lipinski definition) is 3. The minimum Gasteiger partial charge on any atom is -0.478 e. The van der Waals surface area contributed by atoms with E-state index in [4.69, 9.17) is 10.5 Å². The van der Waals surface area contributed by atoms with Gasteiger partial charge in [0.2, 0.25) is 5.88 Å². The van der Waals surface area contributed by atoms with E-state index in [9.17, 15) is 0 Å². The number of ether oxygens (including phenoxy) is 1. The fourth-order valence-electron chi connectivity index (χ4n) is 0.720. The van der Waals surface area contributed by atoms with Crippen molar-refractivity contribution in [3.05, 3.63) is 16.7 Å². The Bertz CT molecular complexity index is 265. The molecule has 0 aliphatic carbocycles. The third kappa shape index (κ3) is 2.37. The number of hydrogen-bond donors (Lipinski definition) is 1. The van der Waals surface area contributed by atoms with Crippen LogP contribution in [0, 0.1) is 0 Å². The lowest BCUT2D eigenvalue weighted by Gasteiger charge is -2.04. The van der Waals surface area contributed by atoms with Crippen molar-refractivity contribution in [3.8, 4) is 5.88 Å². The van der Waals surface area contributed by atoms with Gasteiger partial charge in [-0.2, -0.15) is 0 Å². The van der Waals surface area contributed by atoms with Gasteiger partial charge < -0.3 is 10.5 Å². The highest BCUT2D eigenvalue weighted by Crippen LogP contribution is 2.21. The van der Waals surface area contributed by atoms with Gasteiger partial charge in [0.05, 0.1) is 16.8 Å². The monoisotopic (exact) mass is 230 g/mol. The summed E-state index contributed by atoms with van der Waals surface area (Å²) in [7, 11) is 0. The second kappa shape index (κ2) is 4.30. The van der Waals surface area contributed by atoms with Crippen LogP contribution < -0.4 is 10.5 Å². The quantitative estimate of drug-likeness (QED) is 0.867. The lowest BCUT2D eigenvalue weighted by molar-refractivity contribution is 0.305. The zero-order chi connectivity index (χ0) is 8.97. The van der Waals surface area contributed by atoms with Gasteiger partial charge in [-0.3, -0.25) is 0 Å². The number of halogens is 1. The average Bonchev–Trinajstić information content (AvgIpc) is 2.07. The van der Waals surface area contributed by atoms with Crippen LogP contribution >= 0.6 is 15.9 Å². The highest BCUT2D eigenvalue weighted by molar-refractivity contribution is 9.10. The van der Waals surface area contributed by atoms with Gasteiger partial charge in [0.15, 0.2) is 0 Å². The highest BCUT2D eigenvalue weighted by atomic mass is 79.9. The summed E-state index contributed by atoms with van der Waals surface area (Å²) in [4.78, 5) is 4.03. The molecule has 0 radical (unpaired) electrons. The molecule has 1 heterocycles. The van der Waals surface area contributed by atoms with Crippen molar-refractivity contribution < 1.29 is 4.74 Å². The van der Waals surface area contributed by atoms with Crippen molar-refractivity contribution in [1.29, 1.82) is 0 Å². The zero-order valence-electron chi connectivity index (χ0n) is 6.88. The molecule has 0 spiro atoms. The minimum atomic E-state index is 0.581. The van der Waals surface area contributed by atoms with Crippen molar-refractivity contribution in [3.63, 3.8) is 0 Å². The van der Waals surface area contributed by atoms with E-state index in [-0.39, 0.29) is 0 Å². The number of nitrogens with zero attached hydrogens (tertiary/aromatic N) is 1. The lowest BCUT2D eigenvalue weighted by atomic mass is 10.4. The normalized spacial score (nSPS) is 9.83. The van der Waals surface area contributed by atoms with Crippen molar-refractivity contribution in [2.75, 3.05) is 12.3 Å². The predicted octanol–water partition coefficient (Wildman–Crippen LogP) is 2.22. The first-order valence-corrected chi connectivity index (χ1v) is 4.57. The first-order valence-electron chi connectivity index (χ1n) is 3.78. The molecule has 0 aliphatic heterocycles. The smallest absolute Gasteiger partial charge is 0.215 e. The SMILES string of the molecule is CCCOc1cc(N)c(Br)cn1. The second-order valence-corrected chi connectivity index (χ2v) is 3.25. The maximum absolute atomic E-state index is 5.63. The molecular formula is C8H11BrN2O. The maximum atomic E-state index is 5.63. The molecule has 3 nitrogen and oxygen atoms in total. The van der Waals surface area contributed by atoms with E-state index >= 15 is 0 Å². The number of anilines is 1. The maximum Gasteiger partial charge on any atom is 0.215 e. The Morgan fingerprint density at radius 1 is 1.67 bits per heavy atom. The van der Waals surface area contributed by atoms with Crippen LogP contribution in [0.25, 0.3) is 0 Å². The Hall–Kier alpha value is -0.770. The van der Waals surface area contributed by atoms with E-state index in [1.54, 1.807) is 12.3 Å². The molecule has 1 rings (SSSR count). The Balaban J connectivity index is 2.69. The van der Waals surface area contributed by atoms with Crippen LogP contribution in [0.5, 0.6) is 5.88 Å². The van der Waals surface area contributed by atoms with Gasteiger partial charge in [0.1, 0.15) is 0 Å². The molecule has 0 aromatic carbocycles. The van der Waals surface area contributed by atoms with E-state index in [1.807, 2.05) is 6.92 Å². The highest BCUT2D eigenvalue weighted by Gasteiger charge is 1.98. The van der Waals surface area contributed by atoms with Crippen LogP contribution in [0.3, 0.4) is 0 Å². The summed E-state index contributed by atoms with van der Waals surface area (Å²) in [6.07, 6.45) is 2.61. The molecule has 2 N–H and O–H groups in total. The molecule has 0 unspecified atom stereocenters. The van der Waals surface area contributed by atoms with Gasteiger partial charge in [0.25, 0.3) is 0 Å². The first-order chi connectivity index (χ1) is 5.74. The van der Waals surface area contributed by atoms with Crippen LogP contribution in [0.1, 0.15) is 13.3 Å². The Kier molecular flexibility index (Phi) is 3.34. The molecule has 4 heteroatoms. The number of nitrogen functional groups attached to an aromatic ring is 1. The van der Waals surface area contributed by atoms with Gasteiger partial charge in [-0.05, 0) is 22.4 Å². The summed E-state index contributed by atoms with van der Waals surface area (Å²) in [5, 5.41) is 0. The molecule has 12 heavy (non-hydrogen) atoms. The van der Waals surface area contributed by atoms with Crippen molar-refractivity contribution >= 4 is 21.6 Å². The Morgan fingerprint density at radius 3 is 3.00 bits per heavy atom. The molecule has 66 valence electrons. The van der Waals surface area contributed by atoms with E-state index in [0.717, 1.165) is 10.9 Å². The topological polar surface area (TPSA) is 48.1 Å². The second-order valence-electron chi connectivity index (χ2n) is 2.39. The Morgan fingerprint density at radius 2 is 2.42 bits per heavy atom. The fraction of sp³-hybridized carbons (Fsp3) is 0.375. The van der Waals surface area contributed by atoms with Gasteiger partial charge >= 0.3 is 0 Å². The number of aromatic nitrogens is 1. The average molecular weight is 231 g/mol. The third-order valence-corrected chi connectivity index (χ3v) is 1.98. The summed E-state index contributed by atoms with van der Waals surface area (Å²) in [6.45, 7) is 2.72. The van der Waals surface area contributed by atoms with Crippen molar-refractivity contribution in [2.24, 2.45) is 0 Å². The van der Waals surface area contributed by atoms with Crippen LogP contribution in [0.15, 0.2) is 16.7 Å². The van der Waals surface area contributed by atoms with E-state index in [0.29, 0.717) is 18.2 Å². The summed E-state index contributed by atoms with van der Waals surface area (Å²) in [6, 6.07) is 1.71. The summed E-state index contributed by atoms with van der Waals surface area (Å²) >= 11 is 3.25. The number of rotatable bonds is 3. The van der Waals surface area contributed by atoms with Crippen LogP contribution in [0.4, 0.5) is 5.69 Å². The zero-order valence-corrected chi connectivity index (χ0v) is 8.47. The first kappa shape index (κ1) is 9.32. The van der Waals surface area contributed by atoms with Crippen LogP contribution in [-0.2, 0) is 0 Å². The number of pyridine rings is 1. The van der Waals surface area contributed by atoms with Gasteiger partial charge in [-0.1, -0.05) is 6.92 Å². The van der Waals surface area contributed by atoms with E-state index in [1.165, 1.54) is 0 Å². The molecule has 0 saturated carbocycles. The predicted molar refractivity (Wildman–Crippen MR) is 52.1 cm³/mol. The molecule has 0 aliphatic rings. The molecule has 0 fully saturated rings. The van der Waals surface area contributed by atoms with Crippen molar-refractivity contribution in [2.45, 2.75) is 13.3 Å². The largest absolute Gasteiger partial charge is 0.478 e. The molecule has 1 aromatic heterocycles. The van der Waals surface area contributed by atoms with Crippen LogP contribution in [-0.4, -0.2) is 11.6 Å². The standard InChI is InChI=1S/C8H11BrN2O/c1-2-3-12-8-4-7(10)6(9)5-11-8/h4-5H,2-3H2,1H3,(H2,10,11). The third-order valence-electron chi connectivity index (χ3n) is 1.31. The molecule has 0 bridgehead atoms. The van der Waals surface area contributed by atoms with Crippen LogP contribution in [0.2, 0.25) is 0 Å². The molecule has 0 amide bonds. The van der Waals surface area contributed by atoms with Crippen molar-refractivity contribution in [1.82, 2.24) is 4.98 Å². The number of nitrogens with two attached hydrogens (primary N) is 1. The lowest BCUT2D eigenvalue weighted by Crippen LogP contribution is -1.98. The van der Waals surface area contributed by atoms with E-state index in [2.05, 4.69) is 20.9 Å². The molecule has 1 aromatic rings. The fourth-order valence-corrected chi connectivity index (χ4v) is 0.936. The molecular weight excluding hydrogens is 220 g/mol. The van der Waals surface area contributed by atoms with Gasteiger partial charge in [-0.25, -0.2) is 4.98 Å². The summed E-state index contributed by atoms with van der Waals surface area (Å²) in [5.74, 6) is 0.581. The Labute approximate surface area is 80.1 Å². The van der Waals surface area contributed by atoms with Gasteiger partial charge in [0, 0.05) is 12.3 Å². The summed E-state index contributed by atoms with van der Waals surface area (Å²) in [5.41, 5.74) is 6.27. The molecule has 0 saturated heterocycles.